The first-order valence-electron chi connectivity index (χ1n) is 14.7. The molecular formula is C33H58O2Si2. The van der Waals surface area contributed by atoms with E-state index in [1.807, 2.05) is 0 Å². The van der Waals surface area contributed by atoms with E-state index in [0.29, 0.717) is 5.92 Å². The molecule has 0 aromatic heterocycles. The maximum Gasteiger partial charge on any atom is 0.250 e. The topological polar surface area (TPSA) is 18.5 Å². The van der Waals surface area contributed by atoms with Gasteiger partial charge in [0.25, 0.3) is 0 Å². The highest BCUT2D eigenvalue weighted by atomic mass is 28.4. The van der Waals surface area contributed by atoms with Crippen LogP contribution < -0.4 is 8.85 Å². The summed E-state index contributed by atoms with van der Waals surface area (Å²) in [5.74, 6) is 2.77. The van der Waals surface area contributed by atoms with E-state index in [1.54, 1.807) is 0 Å². The van der Waals surface area contributed by atoms with E-state index >= 15 is 0 Å². The highest BCUT2D eigenvalue weighted by Crippen LogP contribution is 2.50. The van der Waals surface area contributed by atoms with Gasteiger partial charge in [-0.2, -0.15) is 0 Å². The molecule has 1 aliphatic carbocycles. The van der Waals surface area contributed by atoms with Gasteiger partial charge in [0.2, 0.25) is 16.6 Å². The van der Waals surface area contributed by atoms with Crippen molar-refractivity contribution in [3.8, 4) is 11.5 Å². The molecule has 0 heterocycles. The van der Waals surface area contributed by atoms with Crippen LogP contribution >= 0.6 is 0 Å². The number of allylic oxidation sites excluding steroid dienone is 3. The largest absolute Gasteiger partial charge is 0.543 e. The first-order chi connectivity index (χ1) is 16.8. The number of unbranched alkanes of at least 4 members (excludes halogenated alkanes) is 2. The van der Waals surface area contributed by atoms with Gasteiger partial charge in [0.15, 0.2) is 0 Å². The molecule has 0 N–H and O–H groups in total. The van der Waals surface area contributed by atoms with E-state index in [9.17, 15) is 0 Å². The van der Waals surface area contributed by atoms with Crippen LogP contribution in [0.25, 0.3) is 0 Å². The van der Waals surface area contributed by atoms with Gasteiger partial charge in [-0.3, -0.25) is 0 Å². The average molecular weight is 543 g/mol. The smallest absolute Gasteiger partial charge is 0.250 e. The highest BCUT2D eigenvalue weighted by Gasteiger charge is 2.43. The van der Waals surface area contributed by atoms with E-state index in [-0.39, 0.29) is 16.0 Å². The molecule has 2 rings (SSSR count). The Kier molecular flexibility index (Phi) is 10.2. The molecule has 2 nitrogen and oxygen atoms in total. The molecule has 2 atom stereocenters. The van der Waals surface area contributed by atoms with Crippen molar-refractivity contribution in [3.05, 3.63) is 47.1 Å². The van der Waals surface area contributed by atoms with Crippen molar-refractivity contribution in [1.29, 1.82) is 0 Å². The Morgan fingerprint density at radius 1 is 0.919 bits per heavy atom. The Morgan fingerprint density at radius 3 is 1.81 bits per heavy atom. The van der Waals surface area contributed by atoms with Gasteiger partial charge in [-0.05, 0) is 99.4 Å². The molecule has 4 heteroatoms. The van der Waals surface area contributed by atoms with Crippen molar-refractivity contribution in [2.45, 2.75) is 143 Å². The summed E-state index contributed by atoms with van der Waals surface area (Å²) in [6, 6.07) is 4.74. The monoisotopic (exact) mass is 542 g/mol. The zero-order chi connectivity index (χ0) is 28.4. The third kappa shape index (κ3) is 7.88. The predicted octanol–water partition coefficient (Wildman–Crippen LogP) is 11.2. The molecule has 0 saturated heterocycles. The molecule has 1 aromatic rings. The lowest BCUT2D eigenvalue weighted by Gasteiger charge is -2.41. The zero-order valence-electron chi connectivity index (χ0n) is 26.7. The van der Waals surface area contributed by atoms with Crippen molar-refractivity contribution in [2.24, 2.45) is 5.92 Å². The summed E-state index contributed by atoms with van der Waals surface area (Å²) in [7, 11) is -4.15. The van der Waals surface area contributed by atoms with Crippen LogP contribution in [0.3, 0.4) is 0 Å². The van der Waals surface area contributed by atoms with Crippen LogP contribution in [0.2, 0.25) is 36.3 Å². The second-order valence-corrected chi connectivity index (χ2v) is 24.2. The second kappa shape index (κ2) is 11.9. The zero-order valence-corrected chi connectivity index (χ0v) is 28.7. The van der Waals surface area contributed by atoms with Crippen LogP contribution in [0, 0.1) is 5.92 Å². The fourth-order valence-electron chi connectivity index (χ4n) is 4.64. The second-order valence-electron chi connectivity index (χ2n) is 14.7. The minimum Gasteiger partial charge on any atom is -0.543 e. The van der Waals surface area contributed by atoms with Gasteiger partial charge in [-0.25, -0.2) is 0 Å². The maximum absolute atomic E-state index is 7.22. The third-order valence-corrected chi connectivity index (χ3v) is 18.0. The van der Waals surface area contributed by atoms with Crippen molar-refractivity contribution in [3.63, 3.8) is 0 Å². The molecule has 0 amide bonds. The summed E-state index contributed by atoms with van der Waals surface area (Å²) < 4.78 is 14.4. The molecule has 0 saturated carbocycles. The predicted molar refractivity (Wildman–Crippen MR) is 169 cm³/mol. The lowest BCUT2D eigenvalue weighted by Crippen LogP contribution is -2.45. The number of rotatable bonds is 10. The Bertz CT molecular complexity index is 924. The SMILES string of the molecule is C=C(C)[C@@H]1CCC(C)=C[C@H]1c1c(O[Si](C)(C)C(C)(C)C)cc(CCCCC)cc1O[Si](C)(C)C(C)(C)C. The van der Waals surface area contributed by atoms with Crippen LogP contribution in [0.1, 0.15) is 111 Å². The summed E-state index contributed by atoms with van der Waals surface area (Å²) in [4.78, 5) is 0. The molecule has 37 heavy (non-hydrogen) atoms. The lowest BCUT2D eigenvalue weighted by atomic mass is 9.73. The van der Waals surface area contributed by atoms with E-state index in [2.05, 4.69) is 113 Å². The Morgan fingerprint density at radius 2 is 1.41 bits per heavy atom. The third-order valence-electron chi connectivity index (χ3n) is 9.29. The Hall–Kier alpha value is -1.27. The summed E-state index contributed by atoms with van der Waals surface area (Å²) in [5, 5.41) is 0.240. The van der Waals surface area contributed by atoms with Crippen LogP contribution in [0.5, 0.6) is 11.5 Å². The standard InChI is InChI=1S/C33H58O2Si2/c1-15-16-17-18-26-22-29(34-36(11,12)32(5,6)7)31(28-21-25(4)19-20-27(28)24(2)3)30(23-26)35-37(13,14)33(8,9)10/h21-23,27-28H,2,15-20H2,1,3-14H3/t27-,28+/m0/s1. The van der Waals surface area contributed by atoms with Crippen LogP contribution in [0.15, 0.2) is 35.9 Å². The number of benzene rings is 1. The molecule has 0 aliphatic heterocycles. The van der Waals surface area contributed by atoms with Crippen molar-refractivity contribution < 1.29 is 8.85 Å². The molecule has 0 fully saturated rings. The summed E-state index contributed by atoms with van der Waals surface area (Å²) >= 11 is 0. The Labute approximate surface area is 232 Å². The molecule has 0 radical (unpaired) electrons. The first kappa shape index (κ1) is 31.9. The van der Waals surface area contributed by atoms with E-state index in [0.717, 1.165) is 30.8 Å². The number of hydrogen-bond acceptors (Lipinski definition) is 2. The molecule has 0 unspecified atom stereocenters. The van der Waals surface area contributed by atoms with Gasteiger partial charge < -0.3 is 8.85 Å². The normalized spacial score (nSPS) is 19.4. The average Bonchev–Trinajstić information content (AvgIpc) is 2.71. The number of aryl methyl sites for hydroxylation is 1. The lowest BCUT2D eigenvalue weighted by molar-refractivity contribution is 0.428. The fraction of sp³-hybridized carbons (Fsp3) is 0.697. The van der Waals surface area contributed by atoms with E-state index in [1.165, 1.54) is 41.5 Å². The van der Waals surface area contributed by atoms with Crippen LogP contribution in [-0.2, 0) is 6.42 Å². The molecule has 1 aromatic carbocycles. The van der Waals surface area contributed by atoms with Crippen molar-refractivity contribution in [2.75, 3.05) is 0 Å². The summed E-state index contributed by atoms with van der Waals surface area (Å²) in [6.07, 6.45) is 9.52. The van der Waals surface area contributed by atoms with Crippen molar-refractivity contribution in [1.82, 2.24) is 0 Å². The molecular weight excluding hydrogens is 485 g/mol. The van der Waals surface area contributed by atoms with Gasteiger partial charge in [-0.1, -0.05) is 85.1 Å². The fourth-order valence-corrected chi connectivity index (χ4v) is 6.69. The minimum atomic E-state index is -2.07. The first-order valence-corrected chi connectivity index (χ1v) is 20.5. The number of hydrogen-bond donors (Lipinski definition) is 0. The quantitative estimate of drug-likeness (QED) is 0.166. The van der Waals surface area contributed by atoms with Crippen LogP contribution in [0.4, 0.5) is 0 Å². The van der Waals surface area contributed by atoms with Gasteiger partial charge in [0.1, 0.15) is 11.5 Å². The molecule has 1 aliphatic rings. The molecule has 210 valence electrons. The van der Waals surface area contributed by atoms with Gasteiger partial charge >= 0.3 is 0 Å². The summed E-state index contributed by atoms with van der Waals surface area (Å²) in [5.41, 5.74) is 5.34. The van der Waals surface area contributed by atoms with Gasteiger partial charge in [0, 0.05) is 11.5 Å². The van der Waals surface area contributed by atoms with Gasteiger partial charge in [0.05, 0.1) is 0 Å². The Balaban J connectivity index is 2.86. The van der Waals surface area contributed by atoms with E-state index in [4.69, 9.17) is 8.85 Å². The maximum atomic E-state index is 7.22. The highest BCUT2D eigenvalue weighted by molar-refractivity contribution is 6.75. The van der Waals surface area contributed by atoms with Crippen LogP contribution in [-0.4, -0.2) is 16.6 Å². The summed E-state index contributed by atoms with van der Waals surface area (Å²) in [6.45, 7) is 34.7. The van der Waals surface area contributed by atoms with Gasteiger partial charge in [-0.15, -0.1) is 0 Å². The minimum absolute atomic E-state index is 0.120. The van der Waals surface area contributed by atoms with E-state index < -0.39 is 16.6 Å². The molecule has 0 spiro atoms. The molecule has 0 bridgehead atoms. The van der Waals surface area contributed by atoms with Crippen molar-refractivity contribution >= 4 is 16.6 Å².